The Morgan fingerprint density at radius 1 is 1.65 bits per heavy atom. The van der Waals surface area contributed by atoms with Gasteiger partial charge < -0.3 is 13.8 Å². The number of nitrogens with zero attached hydrogens (tertiary/aromatic N) is 2. The molecule has 1 N–H and O–H groups in total. The summed E-state index contributed by atoms with van der Waals surface area (Å²) in [5.74, 6) is 1.09. The van der Waals surface area contributed by atoms with E-state index in [-0.39, 0.29) is 5.92 Å². The van der Waals surface area contributed by atoms with Crippen molar-refractivity contribution in [1.82, 2.24) is 15.5 Å². The molecule has 0 spiro atoms. The topological polar surface area (TPSA) is 77.2 Å². The molecule has 1 aromatic rings. The molecule has 0 saturated heterocycles. The van der Waals surface area contributed by atoms with Crippen LogP contribution in [0.4, 0.5) is 0 Å². The van der Waals surface area contributed by atoms with Crippen LogP contribution in [0.1, 0.15) is 38.4 Å². The van der Waals surface area contributed by atoms with E-state index in [9.17, 15) is 4.57 Å². The normalized spacial score (nSPS) is 15.8. The number of nitrogens with one attached hydrogen (secondary N) is 1. The van der Waals surface area contributed by atoms with Gasteiger partial charge in [0.2, 0.25) is 0 Å². The molecule has 0 aliphatic carbocycles. The first kappa shape index (κ1) is 14.7. The molecule has 0 bridgehead atoms. The van der Waals surface area contributed by atoms with Gasteiger partial charge in [0, 0.05) is 13.0 Å². The smallest absolute Gasteiger partial charge is 0.285 e. The number of hydrogen-bond acceptors (Lipinski definition) is 7. The van der Waals surface area contributed by atoms with Crippen molar-refractivity contribution in [3.8, 4) is 0 Å². The molecular formula is C9H18N3O3PS. The lowest BCUT2D eigenvalue weighted by Gasteiger charge is -2.26. The summed E-state index contributed by atoms with van der Waals surface area (Å²) >= 11 is 1.12. The van der Waals surface area contributed by atoms with Crippen molar-refractivity contribution in [3.63, 3.8) is 0 Å². The fourth-order valence-corrected chi connectivity index (χ4v) is 3.17. The van der Waals surface area contributed by atoms with Gasteiger partial charge in [-0.3, -0.25) is 5.32 Å². The second kappa shape index (κ2) is 6.54. The maximum Gasteiger partial charge on any atom is 0.285 e. The van der Waals surface area contributed by atoms with Gasteiger partial charge in [0.25, 0.3) is 10.9 Å². The van der Waals surface area contributed by atoms with E-state index in [4.69, 9.17) is 9.26 Å². The van der Waals surface area contributed by atoms with E-state index >= 15 is 0 Å². The first-order valence-corrected chi connectivity index (χ1v) is 8.11. The SMILES string of the molecule is CCNC(OC)(S[PH2]=O)c1nc(C(C)C)no1. The molecule has 0 aromatic carbocycles. The molecule has 0 aliphatic heterocycles. The second-order valence-electron chi connectivity index (χ2n) is 3.68. The third-order valence-corrected chi connectivity index (χ3v) is 4.35. The standard InChI is InChI=1S/C9H18N3O3PS/c1-5-10-9(14-4,17-16-13)8-11-7(6(2)3)12-15-8/h6,10H,5,16H2,1-4H3. The highest BCUT2D eigenvalue weighted by molar-refractivity contribution is 8.46. The Hall–Kier alpha value is -0.360. The molecule has 2 unspecified atom stereocenters. The van der Waals surface area contributed by atoms with E-state index in [2.05, 4.69) is 15.5 Å². The molecule has 2 atom stereocenters. The quantitative estimate of drug-likeness (QED) is 0.604. The molecule has 0 amide bonds. The summed E-state index contributed by atoms with van der Waals surface area (Å²) in [5.41, 5.74) is 0. The summed E-state index contributed by atoms with van der Waals surface area (Å²) in [7, 11) is 0.459. The van der Waals surface area contributed by atoms with Crippen molar-refractivity contribution in [1.29, 1.82) is 0 Å². The lowest BCUT2D eigenvalue weighted by Crippen LogP contribution is -2.40. The van der Waals surface area contributed by atoms with Crippen LogP contribution in [0.15, 0.2) is 4.52 Å². The summed E-state index contributed by atoms with van der Waals surface area (Å²) < 4.78 is 21.5. The van der Waals surface area contributed by atoms with Crippen molar-refractivity contribution >= 4 is 19.0 Å². The molecule has 0 fully saturated rings. The first-order chi connectivity index (χ1) is 8.09. The minimum absolute atomic E-state index is 0.174. The summed E-state index contributed by atoms with van der Waals surface area (Å²) in [5, 5.41) is 5.95. The Bertz CT molecular complexity index is 374. The summed E-state index contributed by atoms with van der Waals surface area (Å²) in [6.07, 6.45) is 0. The van der Waals surface area contributed by atoms with E-state index in [1.807, 2.05) is 20.8 Å². The van der Waals surface area contributed by atoms with Gasteiger partial charge in [-0.05, 0) is 17.9 Å². The van der Waals surface area contributed by atoms with Gasteiger partial charge in [-0.15, -0.1) is 0 Å². The van der Waals surface area contributed by atoms with Crippen LogP contribution >= 0.6 is 19.0 Å². The predicted octanol–water partition coefficient (Wildman–Crippen LogP) is 1.96. The number of rotatable bonds is 7. The van der Waals surface area contributed by atoms with E-state index in [1.54, 1.807) is 0 Å². The summed E-state index contributed by atoms with van der Waals surface area (Å²) in [4.78, 5) is 4.28. The molecular weight excluding hydrogens is 261 g/mol. The molecule has 6 nitrogen and oxygen atoms in total. The number of aromatic nitrogens is 2. The van der Waals surface area contributed by atoms with Gasteiger partial charge in [0.1, 0.15) is 7.66 Å². The van der Waals surface area contributed by atoms with E-state index in [0.717, 1.165) is 11.4 Å². The Labute approximate surface area is 106 Å². The Kier molecular flexibility index (Phi) is 5.66. The fraction of sp³-hybridized carbons (Fsp3) is 0.778. The van der Waals surface area contributed by atoms with Gasteiger partial charge >= 0.3 is 0 Å². The van der Waals surface area contributed by atoms with Gasteiger partial charge in [0.15, 0.2) is 5.82 Å². The Morgan fingerprint density at radius 2 is 2.35 bits per heavy atom. The zero-order valence-electron chi connectivity index (χ0n) is 10.4. The van der Waals surface area contributed by atoms with Crippen LogP contribution in [0, 0.1) is 0 Å². The largest absolute Gasteiger partial charge is 0.346 e. The number of ether oxygens (including phenoxy) is 1. The van der Waals surface area contributed by atoms with Crippen molar-refractivity contribution in [2.75, 3.05) is 13.7 Å². The average Bonchev–Trinajstić information content (AvgIpc) is 2.78. The summed E-state index contributed by atoms with van der Waals surface area (Å²) in [6.45, 7) is 6.51. The lowest BCUT2D eigenvalue weighted by molar-refractivity contribution is 0.0151. The summed E-state index contributed by atoms with van der Waals surface area (Å²) in [6, 6.07) is 0. The van der Waals surface area contributed by atoms with Crippen LogP contribution in [0.2, 0.25) is 0 Å². The molecule has 0 aliphatic rings. The molecule has 0 radical (unpaired) electrons. The van der Waals surface area contributed by atoms with Crippen LogP contribution in [0.25, 0.3) is 0 Å². The predicted molar refractivity (Wildman–Crippen MR) is 68.7 cm³/mol. The number of methoxy groups -OCH3 is 1. The van der Waals surface area contributed by atoms with Crippen LogP contribution < -0.4 is 5.32 Å². The van der Waals surface area contributed by atoms with Crippen LogP contribution in [0.3, 0.4) is 0 Å². The highest BCUT2D eigenvalue weighted by Gasteiger charge is 2.38. The van der Waals surface area contributed by atoms with Crippen molar-refractivity contribution in [3.05, 3.63) is 11.7 Å². The fourth-order valence-electron chi connectivity index (χ4n) is 1.28. The van der Waals surface area contributed by atoms with Gasteiger partial charge in [-0.1, -0.05) is 25.9 Å². The van der Waals surface area contributed by atoms with Crippen molar-refractivity contribution in [2.45, 2.75) is 31.7 Å². The van der Waals surface area contributed by atoms with E-state index in [0.29, 0.717) is 18.3 Å². The maximum atomic E-state index is 10.9. The van der Waals surface area contributed by atoms with E-state index in [1.165, 1.54) is 7.11 Å². The Balaban J connectivity index is 3.06. The van der Waals surface area contributed by atoms with Crippen molar-refractivity contribution in [2.24, 2.45) is 0 Å². The van der Waals surface area contributed by atoms with E-state index < -0.39 is 12.7 Å². The van der Waals surface area contributed by atoms with Crippen LogP contribution in [-0.4, -0.2) is 23.8 Å². The average molecular weight is 279 g/mol. The molecule has 1 heterocycles. The van der Waals surface area contributed by atoms with Crippen LogP contribution in [-0.2, 0) is 14.4 Å². The maximum absolute atomic E-state index is 10.9. The lowest BCUT2D eigenvalue weighted by atomic mass is 10.2. The third-order valence-electron chi connectivity index (χ3n) is 2.15. The molecule has 17 heavy (non-hydrogen) atoms. The highest BCUT2D eigenvalue weighted by atomic mass is 32.7. The van der Waals surface area contributed by atoms with Crippen molar-refractivity contribution < 1.29 is 13.8 Å². The monoisotopic (exact) mass is 279 g/mol. The minimum atomic E-state index is -1.06. The zero-order chi connectivity index (χ0) is 12.9. The van der Waals surface area contributed by atoms with Gasteiger partial charge in [-0.25, -0.2) is 0 Å². The molecule has 1 aromatic heterocycles. The molecule has 98 valence electrons. The minimum Gasteiger partial charge on any atom is -0.346 e. The van der Waals surface area contributed by atoms with Crippen LogP contribution in [0.5, 0.6) is 0 Å². The third kappa shape index (κ3) is 3.31. The molecule has 1 rings (SSSR count). The zero-order valence-corrected chi connectivity index (χ0v) is 12.4. The molecule has 8 heteroatoms. The highest BCUT2D eigenvalue weighted by Crippen LogP contribution is 2.40. The second-order valence-corrected chi connectivity index (χ2v) is 5.97. The first-order valence-electron chi connectivity index (χ1n) is 5.35. The van der Waals surface area contributed by atoms with Gasteiger partial charge in [-0.2, -0.15) is 4.98 Å². The Morgan fingerprint density at radius 3 is 2.76 bits per heavy atom. The molecule has 0 saturated carbocycles. The number of hydrogen-bond donors (Lipinski definition) is 1. The van der Waals surface area contributed by atoms with Gasteiger partial charge in [0.05, 0.1) is 0 Å².